The largest absolute Gasteiger partial charge is 0.480 e. The van der Waals surface area contributed by atoms with Crippen LogP contribution < -0.4 is 11.1 Å². The van der Waals surface area contributed by atoms with Gasteiger partial charge in [0.05, 0.1) is 10.6 Å². The highest BCUT2D eigenvalue weighted by Gasteiger charge is 2.14. The van der Waals surface area contributed by atoms with Crippen molar-refractivity contribution >= 4 is 35.1 Å². The average Bonchev–Trinajstić information content (AvgIpc) is 2.35. The first kappa shape index (κ1) is 15.9. The minimum absolute atomic E-state index is 0.00209. The van der Waals surface area contributed by atoms with E-state index in [0.717, 1.165) is 0 Å². The zero-order chi connectivity index (χ0) is 15.3. The number of nitrogens with two attached hydrogens (primary N) is 1. The third-order valence-electron chi connectivity index (χ3n) is 2.48. The normalized spacial score (nSPS) is 11.7. The molecule has 0 fully saturated rings. The summed E-state index contributed by atoms with van der Waals surface area (Å²) in [5, 5.41) is 19.8. The number of hydrogen-bond donors (Lipinski definition) is 4. The molecule has 20 heavy (non-hydrogen) atoms. The van der Waals surface area contributed by atoms with Crippen LogP contribution in [0, 0.1) is 0 Å². The van der Waals surface area contributed by atoms with Crippen molar-refractivity contribution in [2.45, 2.75) is 18.9 Å². The molecule has 1 aromatic carbocycles. The topological polar surface area (TPSA) is 130 Å². The number of hydrogen-bond acceptors (Lipinski definition) is 4. The number of halogens is 1. The molecule has 5 N–H and O–H groups in total. The van der Waals surface area contributed by atoms with Crippen molar-refractivity contribution in [1.82, 2.24) is 0 Å². The SMILES string of the molecule is N[C@@H](CCC(=O)Nc1ccc(C(=O)O)c(Cl)c1)C(=O)O. The maximum absolute atomic E-state index is 11.6. The molecule has 0 aliphatic carbocycles. The lowest BCUT2D eigenvalue weighted by Crippen LogP contribution is -2.31. The van der Waals surface area contributed by atoms with Gasteiger partial charge in [0.2, 0.25) is 5.91 Å². The molecule has 0 aliphatic rings. The molecule has 0 aliphatic heterocycles. The minimum Gasteiger partial charge on any atom is -0.480 e. The van der Waals surface area contributed by atoms with Crippen LogP contribution in [0.1, 0.15) is 23.2 Å². The van der Waals surface area contributed by atoms with Crippen LogP contribution in [0.2, 0.25) is 5.02 Å². The summed E-state index contributed by atoms with van der Waals surface area (Å²) < 4.78 is 0. The second-order valence-electron chi connectivity index (χ2n) is 4.03. The Labute approximate surface area is 119 Å². The number of anilines is 1. The number of nitrogens with one attached hydrogen (secondary N) is 1. The molecule has 0 saturated carbocycles. The van der Waals surface area contributed by atoms with Crippen LogP contribution in [0.5, 0.6) is 0 Å². The molecule has 0 bridgehead atoms. The fraction of sp³-hybridized carbons (Fsp3) is 0.250. The van der Waals surface area contributed by atoms with Crippen molar-refractivity contribution in [3.05, 3.63) is 28.8 Å². The van der Waals surface area contributed by atoms with Gasteiger partial charge in [0.15, 0.2) is 0 Å². The fourth-order valence-corrected chi connectivity index (χ4v) is 1.66. The van der Waals surface area contributed by atoms with E-state index in [-0.39, 0.29) is 23.4 Å². The Kier molecular flexibility index (Phi) is 5.48. The molecule has 1 atom stereocenters. The van der Waals surface area contributed by atoms with Crippen molar-refractivity contribution in [2.75, 3.05) is 5.32 Å². The molecule has 0 saturated heterocycles. The van der Waals surface area contributed by atoms with Crippen molar-refractivity contribution in [2.24, 2.45) is 5.73 Å². The number of benzene rings is 1. The second kappa shape index (κ2) is 6.88. The number of aromatic carboxylic acids is 1. The van der Waals surface area contributed by atoms with Crippen LogP contribution >= 0.6 is 11.6 Å². The van der Waals surface area contributed by atoms with Gasteiger partial charge in [-0.25, -0.2) is 4.79 Å². The number of aliphatic carboxylic acids is 1. The number of rotatable bonds is 6. The Bertz CT molecular complexity index is 547. The molecule has 1 aromatic rings. The highest BCUT2D eigenvalue weighted by Crippen LogP contribution is 2.21. The van der Waals surface area contributed by atoms with E-state index in [2.05, 4.69) is 5.32 Å². The third kappa shape index (κ3) is 4.52. The molecule has 0 aromatic heterocycles. The summed E-state index contributed by atoms with van der Waals surface area (Å²) in [6.45, 7) is 0. The Hall–Kier alpha value is -2.12. The summed E-state index contributed by atoms with van der Waals surface area (Å²) in [5.41, 5.74) is 5.53. The highest BCUT2D eigenvalue weighted by atomic mass is 35.5. The smallest absolute Gasteiger partial charge is 0.337 e. The van der Waals surface area contributed by atoms with Gasteiger partial charge >= 0.3 is 11.9 Å². The van der Waals surface area contributed by atoms with Crippen LogP contribution in [0.15, 0.2) is 18.2 Å². The summed E-state index contributed by atoms with van der Waals surface area (Å²) in [6.07, 6.45) is -0.0616. The minimum atomic E-state index is -1.17. The zero-order valence-electron chi connectivity index (χ0n) is 10.3. The van der Waals surface area contributed by atoms with Crippen LogP contribution in [0.3, 0.4) is 0 Å². The summed E-state index contributed by atoms with van der Waals surface area (Å²) in [4.78, 5) is 32.8. The molecule has 7 nitrogen and oxygen atoms in total. The zero-order valence-corrected chi connectivity index (χ0v) is 11.1. The van der Waals surface area contributed by atoms with Crippen molar-refractivity contribution in [3.8, 4) is 0 Å². The quantitative estimate of drug-likeness (QED) is 0.624. The lowest BCUT2D eigenvalue weighted by molar-refractivity contribution is -0.138. The number of amides is 1. The van der Waals surface area contributed by atoms with Crippen LogP contribution in [0.4, 0.5) is 5.69 Å². The van der Waals surface area contributed by atoms with Crippen LogP contribution in [0.25, 0.3) is 0 Å². The second-order valence-corrected chi connectivity index (χ2v) is 4.44. The summed E-state index contributed by atoms with van der Waals surface area (Å²) >= 11 is 5.75. The van der Waals surface area contributed by atoms with Crippen LogP contribution in [-0.2, 0) is 9.59 Å². The van der Waals surface area contributed by atoms with E-state index in [4.69, 9.17) is 27.5 Å². The molecule has 0 spiro atoms. The van der Waals surface area contributed by atoms with Gasteiger partial charge in [-0.2, -0.15) is 0 Å². The molecule has 0 heterocycles. The van der Waals surface area contributed by atoms with E-state index in [1.807, 2.05) is 0 Å². The predicted molar refractivity (Wildman–Crippen MR) is 71.9 cm³/mol. The number of carboxylic acid groups (broad SMARTS) is 2. The maximum atomic E-state index is 11.6. The molecular weight excluding hydrogens is 288 g/mol. The average molecular weight is 301 g/mol. The van der Waals surface area contributed by atoms with Gasteiger partial charge in [-0.3, -0.25) is 9.59 Å². The van der Waals surface area contributed by atoms with E-state index in [0.29, 0.717) is 5.69 Å². The van der Waals surface area contributed by atoms with Crippen molar-refractivity contribution in [3.63, 3.8) is 0 Å². The van der Waals surface area contributed by atoms with Gasteiger partial charge < -0.3 is 21.3 Å². The lowest BCUT2D eigenvalue weighted by atomic mass is 10.1. The summed E-state index contributed by atoms with van der Waals surface area (Å²) in [6, 6.07) is 2.87. The molecule has 0 unspecified atom stereocenters. The maximum Gasteiger partial charge on any atom is 0.337 e. The van der Waals surface area contributed by atoms with Gasteiger partial charge in [-0.15, -0.1) is 0 Å². The summed E-state index contributed by atoms with van der Waals surface area (Å²) in [5.74, 6) is -2.77. The van der Waals surface area contributed by atoms with Gasteiger partial charge in [0, 0.05) is 12.1 Å². The van der Waals surface area contributed by atoms with E-state index < -0.39 is 23.9 Å². The van der Waals surface area contributed by atoms with E-state index in [9.17, 15) is 14.4 Å². The standard InChI is InChI=1S/C12H13ClN2O5/c13-8-5-6(1-2-7(8)11(17)18)15-10(16)4-3-9(14)12(19)20/h1-2,5,9H,3-4,14H2,(H,15,16)(H,17,18)(H,19,20)/t9-/m0/s1. The molecule has 0 radical (unpaired) electrons. The Morgan fingerprint density at radius 3 is 2.45 bits per heavy atom. The van der Waals surface area contributed by atoms with Crippen molar-refractivity contribution in [1.29, 1.82) is 0 Å². The molecule has 1 rings (SSSR count). The number of carbonyl (C=O) groups excluding carboxylic acids is 1. The van der Waals surface area contributed by atoms with Gasteiger partial charge in [-0.05, 0) is 24.6 Å². The van der Waals surface area contributed by atoms with Gasteiger partial charge in [0.25, 0.3) is 0 Å². The summed E-state index contributed by atoms with van der Waals surface area (Å²) in [7, 11) is 0. The first-order valence-corrected chi connectivity index (χ1v) is 6.00. The molecular formula is C12H13ClN2O5. The number of carboxylic acids is 2. The van der Waals surface area contributed by atoms with Crippen molar-refractivity contribution < 1.29 is 24.6 Å². The number of carbonyl (C=O) groups is 3. The first-order chi connectivity index (χ1) is 9.31. The Morgan fingerprint density at radius 2 is 1.95 bits per heavy atom. The Balaban J connectivity index is 2.61. The van der Waals surface area contributed by atoms with E-state index in [1.165, 1.54) is 18.2 Å². The van der Waals surface area contributed by atoms with Crippen LogP contribution in [-0.4, -0.2) is 34.1 Å². The predicted octanol–water partition coefficient (Wildman–Crippen LogP) is 1.17. The monoisotopic (exact) mass is 300 g/mol. The molecule has 108 valence electrons. The fourth-order valence-electron chi connectivity index (χ4n) is 1.40. The lowest BCUT2D eigenvalue weighted by Gasteiger charge is -2.08. The molecule has 8 heteroatoms. The van der Waals surface area contributed by atoms with E-state index >= 15 is 0 Å². The third-order valence-corrected chi connectivity index (χ3v) is 2.80. The van der Waals surface area contributed by atoms with Gasteiger partial charge in [-0.1, -0.05) is 11.6 Å². The van der Waals surface area contributed by atoms with Gasteiger partial charge in [0.1, 0.15) is 6.04 Å². The first-order valence-electron chi connectivity index (χ1n) is 5.62. The Morgan fingerprint density at radius 1 is 1.30 bits per heavy atom. The van der Waals surface area contributed by atoms with E-state index in [1.54, 1.807) is 0 Å². The molecule has 1 amide bonds. The highest BCUT2D eigenvalue weighted by molar-refractivity contribution is 6.33.